The van der Waals surface area contributed by atoms with E-state index in [4.69, 9.17) is 5.73 Å². The highest BCUT2D eigenvalue weighted by Crippen LogP contribution is 2.19. The van der Waals surface area contributed by atoms with E-state index in [1.54, 1.807) is 6.07 Å². The Morgan fingerprint density at radius 3 is 2.67 bits per heavy atom. The van der Waals surface area contributed by atoms with E-state index >= 15 is 0 Å². The number of hydrogen-bond donors (Lipinski definition) is 1. The van der Waals surface area contributed by atoms with Crippen LogP contribution in [0.15, 0.2) is 22.7 Å². The zero-order valence-electron chi connectivity index (χ0n) is 12.7. The Balaban J connectivity index is 1.97. The minimum absolute atomic E-state index is 0.0559. The quantitative estimate of drug-likeness (QED) is 0.894. The molecule has 2 N–H and O–H groups in total. The molecule has 2 aromatic rings. The van der Waals surface area contributed by atoms with Crippen LogP contribution in [0, 0.1) is 19.7 Å². The van der Waals surface area contributed by atoms with Gasteiger partial charge in [0, 0.05) is 23.3 Å². The lowest BCUT2D eigenvalue weighted by atomic mass is 9.99. The van der Waals surface area contributed by atoms with Crippen molar-refractivity contribution in [3.63, 3.8) is 0 Å². The van der Waals surface area contributed by atoms with Crippen LogP contribution in [0.3, 0.4) is 0 Å². The van der Waals surface area contributed by atoms with Gasteiger partial charge in [-0.25, -0.2) is 4.39 Å². The fraction of sp³-hybridized carbons (Fsp3) is 0.438. The first-order valence-electron chi connectivity index (χ1n) is 7.07. The Labute approximate surface area is 133 Å². The molecule has 1 heterocycles. The second-order valence-electron chi connectivity index (χ2n) is 5.51. The summed E-state index contributed by atoms with van der Waals surface area (Å²) in [6.07, 6.45) is 2.26. The Kier molecular flexibility index (Phi) is 5.17. The van der Waals surface area contributed by atoms with E-state index in [9.17, 15) is 4.39 Å². The van der Waals surface area contributed by atoms with E-state index in [-0.39, 0.29) is 11.9 Å². The fourth-order valence-corrected chi connectivity index (χ4v) is 2.91. The molecule has 0 aliphatic rings. The predicted molar refractivity (Wildman–Crippen MR) is 86.8 cm³/mol. The van der Waals surface area contributed by atoms with Gasteiger partial charge in [0.25, 0.3) is 0 Å². The zero-order chi connectivity index (χ0) is 15.6. The maximum absolute atomic E-state index is 13.8. The van der Waals surface area contributed by atoms with Gasteiger partial charge in [-0.1, -0.05) is 22.0 Å². The van der Waals surface area contributed by atoms with Gasteiger partial charge in [-0.2, -0.15) is 5.10 Å². The van der Waals surface area contributed by atoms with Crippen molar-refractivity contribution in [2.75, 3.05) is 0 Å². The van der Waals surface area contributed by atoms with Gasteiger partial charge >= 0.3 is 0 Å². The summed E-state index contributed by atoms with van der Waals surface area (Å²) in [5, 5.41) is 4.41. The van der Waals surface area contributed by atoms with Crippen LogP contribution in [-0.2, 0) is 19.9 Å². The van der Waals surface area contributed by atoms with E-state index in [1.165, 1.54) is 17.3 Å². The molecule has 1 unspecified atom stereocenters. The number of aryl methyl sites for hydroxylation is 2. The monoisotopic (exact) mass is 353 g/mol. The lowest BCUT2D eigenvalue weighted by Crippen LogP contribution is -2.24. The fourth-order valence-electron chi connectivity index (χ4n) is 2.58. The lowest BCUT2D eigenvalue weighted by Gasteiger charge is -2.12. The third-order valence-corrected chi connectivity index (χ3v) is 4.41. The molecule has 0 spiro atoms. The lowest BCUT2D eigenvalue weighted by molar-refractivity contribution is 0.565. The van der Waals surface area contributed by atoms with Crippen LogP contribution >= 0.6 is 15.9 Å². The molecular formula is C16H21BrFN3. The Bertz CT molecular complexity index is 637. The number of benzene rings is 1. The van der Waals surface area contributed by atoms with Crippen molar-refractivity contribution in [3.05, 3.63) is 51.0 Å². The van der Waals surface area contributed by atoms with Crippen LogP contribution in [0.1, 0.15) is 28.9 Å². The van der Waals surface area contributed by atoms with Crippen LogP contribution in [0.2, 0.25) is 0 Å². The molecule has 0 amide bonds. The smallest absolute Gasteiger partial charge is 0.127 e. The maximum Gasteiger partial charge on any atom is 0.127 e. The number of nitrogens with zero attached hydrogens (tertiary/aromatic N) is 2. The summed E-state index contributed by atoms with van der Waals surface area (Å²) < 4.78 is 16.4. The molecule has 1 atom stereocenters. The third kappa shape index (κ3) is 3.92. The summed E-state index contributed by atoms with van der Waals surface area (Å²) >= 11 is 3.26. The number of rotatable bonds is 5. The van der Waals surface area contributed by atoms with Gasteiger partial charge < -0.3 is 5.73 Å². The molecule has 0 radical (unpaired) electrons. The average Bonchev–Trinajstić information content (AvgIpc) is 2.65. The topological polar surface area (TPSA) is 43.8 Å². The van der Waals surface area contributed by atoms with Crippen molar-refractivity contribution in [2.24, 2.45) is 12.8 Å². The van der Waals surface area contributed by atoms with Crippen molar-refractivity contribution in [1.82, 2.24) is 9.78 Å². The Morgan fingerprint density at radius 1 is 1.38 bits per heavy atom. The summed E-state index contributed by atoms with van der Waals surface area (Å²) in [5.74, 6) is -0.200. The van der Waals surface area contributed by atoms with Crippen LogP contribution in [0.25, 0.3) is 0 Å². The normalized spacial score (nSPS) is 12.7. The summed E-state index contributed by atoms with van der Waals surface area (Å²) in [7, 11) is 1.95. The molecule has 0 saturated heterocycles. The highest BCUT2D eigenvalue weighted by Gasteiger charge is 2.13. The Hall–Kier alpha value is -1.20. The predicted octanol–water partition coefficient (Wildman–Crippen LogP) is 3.44. The maximum atomic E-state index is 13.8. The summed E-state index contributed by atoms with van der Waals surface area (Å²) in [4.78, 5) is 0. The Morgan fingerprint density at radius 2 is 2.10 bits per heavy atom. The molecule has 2 rings (SSSR count). The van der Waals surface area contributed by atoms with Gasteiger partial charge in [0.05, 0.1) is 5.69 Å². The number of hydrogen-bond acceptors (Lipinski definition) is 2. The minimum Gasteiger partial charge on any atom is -0.327 e. The van der Waals surface area contributed by atoms with Crippen molar-refractivity contribution >= 4 is 15.9 Å². The molecule has 0 saturated carbocycles. The third-order valence-electron chi connectivity index (χ3n) is 3.92. The van der Waals surface area contributed by atoms with Crippen molar-refractivity contribution < 1.29 is 4.39 Å². The standard InChI is InChI=1S/C16H21BrFN3/c1-10-15(11(2)21(3)20-10)7-6-14(19)8-12-4-5-13(17)9-16(12)18/h4-5,9,14H,6-8,19H2,1-3H3. The van der Waals surface area contributed by atoms with Crippen LogP contribution < -0.4 is 5.73 Å². The molecule has 5 heteroatoms. The molecule has 1 aromatic heterocycles. The zero-order valence-corrected chi connectivity index (χ0v) is 14.2. The van der Waals surface area contributed by atoms with Gasteiger partial charge in [-0.05, 0) is 56.4 Å². The van der Waals surface area contributed by atoms with E-state index in [1.807, 2.05) is 24.7 Å². The van der Waals surface area contributed by atoms with Crippen molar-refractivity contribution in [3.8, 4) is 0 Å². The minimum atomic E-state index is -0.200. The molecule has 114 valence electrons. The summed E-state index contributed by atoms with van der Waals surface area (Å²) in [6, 6.07) is 5.07. The van der Waals surface area contributed by atoms with Gasteiger partial charge in [-0.15, -0.1) is 0 Å². The van der Waals surface area contributed by atoms with Gasteiger partial charge in [0.15, 0.2) is 0 Å². The second-order valence-corrected chi connectivity index (χ2v) is 6.43. The van der Waals surface area contributed by atoms with Crippen LogP contribution in [-0.4, -0.2) is 15.8 Å². The van der Waals surface area contributed by atoms with E-state index in [0.717, 1.165) is 23.0 Å². The first kappa shape index (κ1) is 16.2. The SMILES string of the molecule is Cc1nn(C)c(C)c1CCC(N)Cc1ccc(Br)cc1F. The summed E-state index contributed by atoms with van der Waals surface area (Å²) in [5.41, 5.74) is 10.3. The largest absolute Gasteiger partial charge is 0.327 e. The number of aromatic nitrogens is 2. The van der Waals surface area contributed by atoms with Crippen LogP contribution in [0.5, 0.6) is 0 Å². The van der Waals surface area contributed by atoms with Gasteiger partial charge in [0.1, 0.15) is 5.82 Å². The second kappa shape index (κ2) is 6.71. The molecule has 0 fully saturated rings. The first-order chi connectivity index (χ1) is 9.88. The first-order valence-corrected chi connectivity index (χ1v) is 7.86. The molecule has 3 nitrogen and oxygen atoms in total. The molecule has 1 aromatic carbocycles. The number of halogens is 2. The molecule has 0 bridgehead atoms. The van der Waals surface area contributed by atoms with Gasteiger partial charge in [0.2, 0.25) is 0 Å². The highest BCUT2D eigenvalue weighted by atomic mass is 79.9. The molecular weight excluding hydrogens is 333 g/mol. The molecule has 21 heavy (non-hydrogen) atoms. The highest BCUT2D eigenvalue weighted by molar-refractivity contribution is 9.10. The summed E-state index contributed by atoms with van der Waals surface area (Å²) in [6.45, 7) is 4.08. The van der Waals surface area contributed by atoms with E-state index in [2.05, 4.69) is 28.0 Å². The van der Waals surface area contributed by atoms with Crippen molar-refractivity contribution in [1.29, 1.82) is 0 Å². The van der Waals surface area contributed by atoms with Crippen LogP contribution in [0.4, 0.5) is 4.39 Å². The average molecular weight is 354 g/mol. The van der Waals surface area contributed by atoms with E-state index in [0.29, 0.717) is 12.0 Å². The molecule has 0 aliphatic carbocycles. The van der Waals surface area contributed by atoms with E-state index < -0.39 is 0 Å². The van der Waals surface area contributed by atoms with Crippen molar-refractivity contribution in [2.45, 2.75) is 39.2 Å². The molecule has 0 aliphatic heterocycles. The van der Waals surface area contributed by atoms with Gasteiger partial charge in [-0.3, -0.25) is 4.68 Å². The number of nitrogens with two attached hydrogens (primary N) is 1.